The van der Waals surface area contributed by atoms with Gasteiger partial charge >= 0.3 is 0 Å². The minimum atomic E-state index is -0.451. The van der Waals surface area contributed by atoms with Crippen molar-refractivity contribution in [1.29, 1.82) is 5.26 Å². The summed E-state index contributed by atoms with van der Waals surface area (Å²) in [4.78, 5) is 0. The number of anilines is 1. The lowest BCUT2D eigenvalue weighted by Gasteiger charge is -2.35. The summed E-state index contributed by atoms with van der Waals surface area (Å²) in [6.07, 6.45) is 3.66. The van der Waals surface area contributed by atoms with Crippen LogP contribution in [0.1, 0.15) is 38.7 Å². The van der Waals surface area contributed by atoms with Gasteiger partial charge in [-0.25, -0.2) is 4.39 Å². The highest BCUT2D eigenvalue weighted by atomic mass is 19.1. The smallest absolute Gasteiger partial charge is 0.141 e. The van der Waals surface area contributed by atoms with Gasteiger partial charge in [-0.2, -0.15) is 5.26 Å². The van der Waals surface area contributed by atoms with Gasteiger partial charge in [0.15, 0.2) is 0 Å². The predicted octanol–water partition coefficient (Wildman–Crippen LogP) is 3.93. The summed E-state index contributed by atoms with van der Waals surface area (Å²) in [5.74, 6) is 0.870. The SMILES string of the molecule is CC1CCCC(Nc2ccc(F)c(C#N)c2)C1C. The van der Waals surface area contributed by atoms with Crippen molar-refractivity contribution in [2.75, 3.05) is 5.32 Å². The molecule has 1 saturated carbocycles. The summed E-state index contributed by atoms with van der Waals surface area (Å²) in [6.45, 7) is 4.54. The lowest BCUT2D eigenvalue weighted by Crippen LogP contribution is -2.35. The van der Waals surface area contributed by atoms with E-state index in [1.54, 1.807) is 12.1 Å². The Morgan fingerprint density at radius 2 is 2.11 bits per heavy atom. The summed E-state index contributed by atoms with van der Waals surface area (Å²) in [6, 6.07) is 6.97. The van der Waals surface area contributed by atoms with Gasteiger partial charge < -0.3 is 5.32 Å². The van der Waals surface area contributed by atoms with E-state index < -0.39 is 5.82 Å². The van der Waals surface area contributed by atoms with Crippen molar-refractivity contribution < 1.29 is 4.39 Å². The van der Waals surface area contributed by atoms with Crippen molar-refractivity contribution >= 4 is 5.69 Å². The zero-order chi connectivity index (χ0) is 13.1. The largest absolute Gasteiger partial charge is 0.382 e. The molecule has 1 aliphatic carbocycles. The summed E-state index contributed by atoms with van der Waals surface area (Å²) in [7, 11) is 0. The van der Waals surface area contributed by atoms with Gasteiger partial charge in [-0.05, 0) is 36.5 Å². The van der Waals surface area contributed by atoms with Gasteiger partial charge in [0.1, 0.15) is 11.9 Å². The topological polar surface area (TPSA) is 35.8 Å². The zero-order valence-corrected chi connectivity index (χ0v) is 10.9. The van der Waals surface area contributed by atoms with E-state index in [1.165, 1.54) is 18.9 Å². The number of hydrogen-bond donors (Lipinski definition) is 1. The Morgan fingerprint density at radius 3 is 2.83 bits per heavy atom. The maximum absolute atomic E-state index is 13.2. The third-order valence-electron chi connectivity index (χ3n) is 4.15. The maximum Gasteiger partial charge on any atom is 0.141 e. The molecule has 3 unspecified atom stereocenters. The van der Waals surface area contributed by atoms with Crippen LogP contribution in [0.25, 0.3) is 0 Å². The Bertz CT molecular complexity index is 464. The fraction of sp³-hybridized carbons (Fsp3) is 0.533. The first kappa shape index (κ1) is 12.9. The molecule has 3 atom stereocenters. The Morgan fingerprint density at radius 1 is 1.33 bits per heavy atom. The molecular formula is C15H19FN2. The lowest BCUT2D eigenvalue weighted by molar-refractivity contribution is 0.253. The van der Waals surface area contributed by atoms with Gasteiger partial charge in [0.05, 0.1) is 5.56 Å². The average molecular weight is 246 g/mol. The summed E-state index contributed by atoms with van der Waals surface area (Å²) >= 11 is 0. The molecule has 2 rings (SSSR count). The van der Waals surface area contributed by atoms with E-state index in [2.05, 4.69) is 19.2 Å². The first-order valence-corrected chi connectivity index (χ1v) is 6.58. The van der Waals surface area contributed by atoms with Gasteiger partial charge in [0, 0.05) is 11.7 Å². The Balaban J connectivity index is 2.12. The van der Waals surface area contributed by atoms with E-state index in [0.29, 0.717) is 17.9 Å². The van der Waals surface area contributed by atoms with E-state index in [4.69, 9.17) is 5.26 Å². The first-order chi connectivity index (χ1) is 8.61. The molecule has 0 aliphatic heterocycles. The molecule has 1 aromatic rings. The van der Waals surface area contributed by atoms with Gasteiger partial charge in [-0.3, -0.25) is 0 Å². The van der Waals surface area contributed by atoms with Crippen LogP contribution in [-0.4, -0.2) is 6.04 Å². The van der Waals surface area contributed by atoms with Crippen LogP contribution in [0.2, 0.25) is 0 Å². The van der Waals surface area contributed by atoms with E-state index in [9.17, 15) is 4.39 Å². The first-order valence-electron chi connectivity index (χ1n) is 6.58. The minimum Gasteiger partial charge on any atom is -0.382 e. The van der Waals surface area contributed by atoms with Crippen molar-refractivity contribution in [1.82, 2.24) is 0 Å². The zero-order valence-electron chi connectivity index (χ0n) is 10.9. The molecule has 1 aromatic carbocycles. The monoisotopic (exact) mass is 246 g/mol. The maximum atomic E-state index is 13.2. The van der Waals surface area contributed by atoms with Crippen LogP contribution >= 0.6 is 0 Å². The predicted molar refractivity (Wildman–Crippen MR) is 70.7 cm³/mol. The van der Waals surface area contributed by atoms with Crippen molar-refractivity contribution in [2.24, 2.45) is 11.8 Å². The molecule has 0 aromatic heterocycles. The average Bonchev–Trinajstić information content (AvgIpc) is 2.37. The van der Waals surface area contributed by atoms with Crippen LogP contribution in [0, 0.1) is 29.0 Å². The molecular weight excluding hydrogens is 227 g/mol. The van der Waals surface area contributed by atoms with Gasteiger partial charge in [-0.1, -0.05) is 26.7 Å². The highest BCUT2D eigenvalue weighted by molar-refractivity contribution is 5.50. The van der Waals surface area contributed by atoms with Crippen molar-refractivity contribution in [3.8, 4) is 6.07 Å². The van der Waals surface area contributed by atoms with Crippen LogP contribution in [0.5, 0.6) is 0 Å². The molecule has 3 heteroatoms. The van der Waals surface area contributed by atoms with Crippen molar-refractivity contribution in [2.45, 2.75) is 39.2 Å². The van der Waals surface area contributed by atoms with Crippen LogP contribution in [0.15, 0.2) is 18.2 Å². The number of halogens is 1. The van der Waals surface area contributed by atoms with Gasteiger partial charge in [0.2, 0.25) is 0 Å². The Kier molecular flexibility index (Phi) is 3.86. The molecule has 96 valence electrons. The van der Waals surface area contributed by atoms with E-state index in [0.717, 1.165) is 12.1 Å². The van der Waals surface area contributed by atoms with Crippen molar-refractivity contribution in [3.63, 3.8) is 0 Å². The van der Waals surface area contributed by atoms with Crippen LogP contribution < -0.4 is 5.32 Å². The van der Waals surface area contributed by atoms with Crippen LogP contribution in [-0.2, 0) is 0 Å². The van der Waals surface area contributed by atoms with Crippen molar-refractivity contribution in [3.05, 3.63) is 29.6 Å². The van der Waals surface area contributed by atoms with Crippen LogP contribution in [0.4, 0.5) is 10.1 Å². The molecule has 0 bridgehead atoms. The Hall–Kier alpha value is -1.56. The summed E-state index contributed by atoms with van der Waals surface area (Å²) < 4.78 is 13.2. The molecule has 1 N–H and O–H groups in total. The Labute approximate surface area is 108 Å². The van der Waals surface area contributed by atoms with E-state index >= 15 is 0 Å². The molecule has 18 heavy (non-hydrogen) atoms. The number of nitriles is 1. The number of nitrogens with one attached hydrogen (secondary N) is 1. The van der Waals surface area contributed by atoms with E-state index in [-0.39, 0.29) is 5.56 Å². The van der Waals surface area contributed by atoms with E-state index in [1.807, 2.05) is 6.07 Å². The second kappa shape index (κ2) is 5.39. The van der Waals surface area contributed by atoms with Gasteiger partial charge in [-0.15, -0.1) is 0 Å². The van der Waals surface area contributed by atoms with Crippen LogP contribution in [0.3, 0.4) is 0 Å². The third-order valence-corrected chi connectivity index (χ3v) is 4.15. The molecule has 0 saturated heterocycles. The molecule has 0 spiro atoms. The summed E-state index contributed by atoms with van der Waals surface area (Å²) in [5, 5.41) is 12.3. The highest BCUT2D eigenvalue weighted by Gasteiger charge is 2.26. The standard InChI is InChI=1S/C15H19FN2/c1-10-4-3-5-15(11(10)2)18-13-6-7-14(16)12(8-13)9-17/h6-8,10-11,15,18H,3-5H2,1-2H3. The quantitative estimate of drug-likeness (QED) is 0.858. The molecule has 1 fully saturated rings. The van der Waals surface area contributed by atoms with Gasteiger partial charge in [0.25, 0.3) is 0 Å². The number of nitrogens with zero attached hydrogens (tertiary/aromatic N) is 1. The lowest BCUT2D eigenvalue weighted by atomic mass is 9.78. The number of benzene rings is 1. The summed E-state index contributed by atoms with van der Waals surface area (Å²) in [5.41, 5.74) is 0.954. The number of rotatable bonds is 2. The highest BCUT2D eigenvalue weighted by Crippen LogP contribution is 2.31. The molecule has 0 heterocycles. The normalized spacial score (nSPS) is 27.6. The molecule has 0 amide bonds. The second-order valence-electron chi connectivity index (χ2n) is 5.32. The molecule has 2 nitrogen and oxygen atoms in total. The molecule has 1 aliphatic rings. The fourth-order valence-electron chi connectivity index (χ4n) is 2.70. The number of hydrogen-bond acceptors (Lipinski definition) is 2. The fourth-order valence-corrected chi connectivity index (χ4v) is 2.70. The minimum absolute atomic E-state index is 0.108. The molecule has 0 radical (unpaired) electrons. The second-order valence-corrected chi connectivity index (χ2v) is 5.32. The third kappa shape index (κ3) is 2.64.